The first-order valence-corrected chi connectivity index (χ1v) is 6.68. The van der Waals surface area contributed by atoms with Gasteiger partial charge in [-0.15, -0.1) is 11.8 Å². The number of hydrogen-bond acceptors (Lipinski definition) is 3. The number of anilines is 1. The predicted molar refractivity (Wildman–Crippen MR) is 70.3 cm³/mol. The van der Waals surface area contributed by atoms with E-state index >= 15 is 0 Å². The zero-order valence-corrected chi connectivity index (χ0v) is 10.8. The summed E-state index contributed by atoms with van der Waals surface area (Å²) in [5.41, 5.74) is 2.63. The Bertz CT molecular complexity index is 378. The van der Waals surface area contributed by atoms with Gasteiger partial charge in [0.15, 0.2) is 0 Å². The molecule has 88 valence electrons. The molecule has 2 nitrogen and oxygen atoms in total. The van der Waals surface area contributed by atoms with Gasteiger partial charge in [0.2, 0.25) is 0 Å². The molecule has 1 aromatic carbocycles. The lowest BCUT2D eigenvalue weighted by Crippen LogP contribution is -2.34. The van der Waals surface area contributed by atoms with Gasteiger partial charge in [-0.2, -0.15) is 0 Å². The van der Waals surface area contributed by atoms with Crippen molar-refractivity contribution in [2.75, 3.05) is 11.9 Å². The second kappa shape index (κ2) is 4.68. The van der Waals surface area contributed by atoms with Crippen molar-refractivity contribution >= 4 is 17.4 Å². The van der Waals surface area contributed by atoms with Gasteiger partial charge in [0.05, 0.1) is 17.5 Å². The Morgan fingerprint density at radius 3 is 2.81 bits per heavy atom. The van der Waals surface area contributed by atoms with Gasteiger partial charge in [-0.3, -0.25) is 0 Å². The van der Waals surface area contributed by atoms with Crippen molar-refractivity contribution in [2.45, 2.75) is 42.9 Å². The van der Waals surface area contributed by atoms with Crippen LogP contribution in [0.1, 0.15) is 32.3 Å². The quantitative estimate of drug-likeness (QED) is 0.829. The summed E-state index contributed by atoms with van der Waals surface area (Å²) < 4.78 is 0. The number of aliphatic hydroxyl groups excluding tert-OH is 1. The number of thioether (sulfide) groups is 1. The average molecular weight is 237 g/mol. The Hall–Kier alpha value is -0.670. The van der Waals surface area contributed by atoms with E-state index in [9.17, 15) is 5.11 Å². The van der Waals surface area contributed by atoms with Crippen molar-refractivity contribution in [3.63, 3.8) is 0 Å². The second-order valence-corrected chi connectivity index (χ2v) is 5.93. The monoisotopic (exact) mass is 237 g/mol. The summed E-state index contributed by atoms with van der Waals surface area (Å²) in [5.74, 6) is 0.529. The number of benzene rings is 1. The lowest BCUT2D eigenvalue weighted by Gasteiger charge is -2.32. The van der Waals surface area contributed by atoms with E-state index in [1.165, 1.54) is 16.1 Å². The maximum atomic E-state index is 9.30. The molecule has 0 radical (unpaired) electrons. The Labute approximate surface area is 101 Å². The van der Waals surface area contributed by atoms with Gasteiger partial charge in [-0.25, -0.2) is 0 Å². The molecule has 0 fully saturated rings. The Kier molecular flexibility index (Phi) is 3.45. The lowest BCUT2D eigenvalue weighted by atomic mass is 10.0. The van der Waals surface area contributed by atoms with Gasteiger partial charge in [-0.1, -0.05) is 26.0 Å². The molecular weight excluding hydrogens is 218 g/mol. The fourth-order valence-corrected chi connectivity index (χ4v) is 3.19. The number of rotatable bonds is 2. The molecule has 16 heavy (non-hydrogen) atoms. The minimum Gasteiger partial charge on any atom is -0.395 e. The summed E-state index contributed by atoms with van der Waals surface area (Å²) in [6.45, 7) is 6.79. The molecule has 0 amide bonds. The largest absolute Gasteiger partial charge is 0.395 e. The van der Waals surface area contributed by atoms with Crippen molar-refractivity contribution in [1.29, 1.82) is 0 Å². The molecule has 1 heterocycles. The molecule has 1 aliphatic rings. The SMILES string of the molecule is CC(C)c1cccc2c1NC(C)C(CO)S2. The molecule has 2 rings (SSSR count). The van der Waals surface area contributed by atoms with Crippen molar-refractivity contribution < 1.29 is 5.11 Å². The fraction of sp³-hybridized carbons (Fsp3) is 0.538. The highest BCUT2D eigenvalue weighted by Crippen LogP contribution is 2.41. The number of hydrogen-bond donors (Lipinski definition) is 2. The van der Waals surface area contributed by atoms with Crippen LogP contribution in [0.2, 0.25) is 0 Å². The second-order valence-electron chi connectivity index (χ2n) is 4.65. The summed E-state index contributed by atoms with van der Waals surface area (Å²) in [5, 5.41) is 13.1. The molecule has 0 saturated carbocycles. The minimum atomic E-state index is 0.226. The van der Waals surface area contributed by atoms with E-state index in [1.54, 1.807) is 11.8 Å². The average Bonchev–Trinajstić information content (AvgIpc) is 2.27. The van der Waals surface area contributed by atoms with Crippen LogP contribution in [0, 0.1) is 0 Å². The zero-order valence-electron chi connectivity index (χ0n) is 10.0. The van der Waals surface area contributed by atoms with E-state index in [0.29, 0.717) is 12.0 Å². The van der Waals surface area contributed by atoms with Crippen LogP contribution in [0.25, 0.3) is 0 Å². The standard InChI is InChI=1S/C13H19NOS/c1-8(2)10-5-4-6-11-13(10)14-9(3)12(7-15)16-11/h4-6,8-9,12,14-15H,7H2,1-3H3. The highest BCUT2D eigenvalue weighted by atomic mass is 32.2. The molecular formula is C13H19NOS. The minimum absolute atomic E-state index is 0.226. The summed E-state index contributed by atoms with van der Waals surface area (Å²) in [6.07, 6.45) is 0. The van der Waals surface area contributed by atoms with Gasteiger partial charge < -0.3 is 10.4 Å². The van der Waals surface area contributed by atoms with Crippen LogP contribution in [-0.2, 0) is 0 Å². The number of aliphatic hydroxyl groups is 1. The number of fused-ring (bicyclic) bond motifs is 1. The maximum Gasteiger partial charge on any atom is 0.0573 e. The van der Waals surface area contributed by atoms with Crippen LogP contribution in [0.15, 0.2) is 23.1 Å². The highest BCUT2D eigenvalue weighted by Gasteiger charge is 2.26. The van der Waals surface area contributed by atoms with E-state index < -0.39 is 0 Å². The normalized spacial score (nSPS) is 24.1. The summed E-state index contributed by atoms with van der Waals surface area (Å²) in [6, 6.07) is 6.74. The first kappa shape index (κ1) is 11.8. The van der Waals surface area contributed by atoms with Crippen LogP contribution in [0.4, 0.5) is 5.69 Å². The zero-order chi connectivity index (χ0) is 11.7. The van der Waals surface area contributed by atoms with E-state index in [-0.39, 0.29) is 11.9 Å². The molecule has 2 atom stereocenters. The van der Waals surface area contributed by atoms with E-state index in [0.717, 1.165) is 0 Å². The van der Waals surface area contributed by atoms with Gasteiger partial charge in [-0.05, 0) is 24.5 Å². The molecule has 0 aromatic heterocycles. The molecule has 2 N–H and O–H groups in total. The number of para-hydroxylation sites is 1. The highest BCUT2D eigenvalue weighted by molar-refractivity contribution is 8.00. The third-order valence-corrected chi connectivity index (χ3v) is 4.52. The Balaban J connectivity index is 2.38. The van der Waals surface area contributed by atoms with Crippen LogP contribution in [-0.4, -0.2) is 23.0 Å². The van der Waals surface area contributed by atoms with Crippen molar-refractivity contribution in [3.05, 3.63) is 23.8 Å². The van der Waals surface area contributed by atoms with Crippen molar-refractivity contribution in [3.8, 4) is 0 Å². The fourth-order valence-electron chi connectivity index (χ4n) is 2.06. The van der Waals surface area contributed by atoms with Gasteiger partial charge in [0, 0.05) is 10.9 Å². The van der Waals surface area contributed by atoms with E-state index in [1.807, 2.05) is 0 Å². The molecule has 1 aromatic rings. The summed E-state index contributed by atoms with van der Waals surface area (Å²) >= 11 is 1.78. The Morgan fingerprint density at radius 2 is 2.19 bits per heavy atom. The third-order valence-electron chi connectivity index (χ3n) is 3.07. The first-order valence-electron chi connectivity index (χ1n) is 5.80. The van der Waals surface area contributed by atoms with Gasteiger partial charge in [0.25, 0.3) is 0 Å². The van der Waals surface area contributed by atoms with Crippen LogP contribution >= 0.6 is 11.8 Å². The molecule has 1 aliphatic heterocycles. The first-order chi connectivity index (χ1) is 7.63. The molecule has 0 bridgehead atoms. The van der Waals surface area contributed by atoms with Crippen LogP contribution in [0.5, 0.6) is 0 Å². The molecule has 0 aliphatic carbocycles. The molecule has 0 spiro atoms. The predicted octanol–water partition coefficient (Wildman–Crippen LogP) is 3.08. The number of nitrogens with one attached hydrogen (secondary N) is 1. The van der Waals surface area contributed by atoms with Gasteiger partial charge >= 0.3 is 0 Å². The smallest absolute Gasteiger partial charge is 0.0573 e. The third kappa shape index (κ3) is 2.06. The summed E-state index contributed by atoms with van der Waals surface area (Å²) in [7, 11) is 0. The molecule has 2 unspecified atom stereocenters. The maximum absolute atomic E-state index is 9.30. The van der Waals surface area contributed by atoms with Crippen LogP contribution in [0.3, 0.4) is 0 Å². The summed E-state index contributed by atoms with van der Waals surface area (Å²) in [4.78, 5) is 1.27. The van der Waals surface area contributed by atoms with Crippen LogP contribution < -0.4 is 5.32 Å². The van der Waals surface area contributed by atoms with Crippen molar-refractivity contribution in [1.82, 2.24) is 0 Å². The van der Waals surface area contributed by atoms with Gasteiger partial charge in [0.1, 0.15) is 0 Å². The lowest BCUT2D eigenvalue weighted by molar-refractivity contribution is 0.287. The van der Waals surface area contributed by atoms with E-state index in [4.69, 9.17) is 0 Å². The molecule has 3 heteroatoms. The molecule has 0 saturated heterocycles. The Morgan fingerprint density at radius 1 is 1.44 bits per heavy atom. The van der Waals surface area contributed by atoms with Crippen molar-refractivity contribution in [2.24, 2.45) is 0 Å². The van der Waals surface area contributed by atoms with E-state index in [2.05, 4.69) is 44.3 Å². The topological polar surface area (TPSA) is 32.3 Å².